The largest absolute Gasteiger partial charge is 0.103 e. The third-order valence-corrected chi connectivity index (χ3v) is 5.57. The van der Waals surface area contributed by atoms with E-state index in [9.17, 15) is 0 Å². The Morgan fingerprint density at radius 2 is 1.24 bits per heavy atom. The quantitative estimate of drug-likeness (QED) is 0.552. The minimum absolute atomic E-state index is 0.825. The Kier molecular flexibility index (Phi) is 5.17. The molecule has 0 N–H and O–H groups in total. The maximum atomic E-state index is 3.94. The van der Waals surface area contributed by atoms with Crippen LogP contribution in [0.2, 0.25) is 0 Å². The van der Waals surface area contributed by atoms with Crippen molar-refractivity contribution >= 4 is 0 Å². The lowest BCUT2D eigenvalue weighted by Gasteiger charge is -2.26. The summed E-state index contributed by atoms with van der Waals surface area (Å²) in [4.78, 5) is 0. The molecule has 1 aromatic rings. The molecule has 0 amide bonds. The first-order valence-electron chi connectivity index (χ1n) is 9.11. The fourth-order valence-electron chi connectivity index (χ4n) is 4.37. The van der Waals surface area contributed by atoms with Crippen LogP contribution in [0.15, 0.2) is 30.9 Å². The lowest BCUT2D eigenvalue weighted by atomic mass is 9.79. The topological polar surface area (TPSA) is 0 Å². The van der Waals surface area contributed by atoms with Gasteiger partial charge in [0, 0.05) is 0 Å². The first-order chi connectivity index (χ1) is 10.4. The zero-order valence-corrected chi connectivity index (χ0v) is 13.4. The molecule has 0 bridgehead atoms. The van der Waals surface area contributed by atoms with Crippen molar-refractivity contribution in [3.8, 4) is 0 Å². The van der Waals surface area contributed by atoms with E-state index in [2.05, 4.69) is 30.9 Å². The molecule has 2 saturated carbocycles. The number of hydrogen-bond acceptors (Lipinski definition) is 0. The molecule has 21 heavy (non-hydrogen) atoms. The predicted molar refractivity (Wildman–Crippen MR) is 92.0 cm³/mol. The average molecular weight is 282 g/mol. The zero-order chi connectivity index (χ0) is 14.5. The van der Waals surface area contributed by atoms with Gasteiger partial charge in [-0.15, -0.1) is 6.58 Å². The van der Waals surface area contributed by atoms with Gasteiger partial charge in [0.25, 0.3) is 0 Å². The Morgan fingerprint density at radius 3 is 1.67 bits per heavy atom. The minimum Gasteiger partial charge on any atom is -0.103 e. The molecular formula is C21H30. The van der Waals surface area contributed by atoms with Gasteiger partial charge in [-0.1, -0.05) is 62.8 Å². The normalized spacial score (nSPS) is 21.3. The van der Waals surface area contributed by atoms with Gasteiger partial charge in [0.2, 0.25) is 0 Å². The van der Waals surface area contributed by atoms with Crippen LogP contribution in [0.25, 0.3) is 0 Å². The SMILES string of the molecule is C=CCc1cc(C2CCCCC2)cc(C2CCCCC2)c1. The highest BCUT2D eigenvalue weighted by atomic mass is 14.3. The molecule has 114 valence electrons. The van der Waals surface area contributed by atoms with Crippen LogP contribution in [0.4, 0.5) is 0 Å². The molecule has 0 radical (unpaired) electrons. The number of benzene rings is 1. The van der Waals surface area contributed by atoms with Crippen LogP contribution in [0.1, 0.15) is 92.7 Å². The molecule has 2 aliphatic carbocycles. The van der Waals surface area contributed by atoms with Crippen molar-refractivity contribution < 1.29 is 0 Å². The molecule has 0 heteroatoms. The molecule has 0 saturated heterocycles. The number of allylic oxidation sites excluding steroid dienone is 1. The first kappa shape index (κ1) is 14.9. The van der Waals surface area contributed by atoms with Crippen LogP contribution >= 0.6 is 0 Å². The highest BCUT2D eigenvalue weighted by Crippen LogP contribution is 2.38. The fraction of sp³-hybridized carbons (Fsp3) is 0.619. The second-order valence-electron chi connectivity index (χ2n) is 7.17. The Labute approximate surface area is 130 Å². The van der Waals surface area contributed by atoms with Gasteiger partial charge in [-0.05, 0) is 60.6 Å². The molecule has 0 atom stereocenters. The van der Waals surface area contributed by atoms with Crippen molar-refractivity contribution in [2.24, 2.45) is 0 Å². The highest BCUT2D eigenvalue weighted by Gasteiger charge is 2.20. The van der Waals surface area contributed by atoms with Crippen LogP contribution in [0.3, 0.4) is 0 Å². The Morgan fingerprint density at radius 1 is 0.762 bits per heavy atom. The van der Waals surface area contributed by atoms with Crippen LogP contribution in [-0.2, 0) is 6.42 Å². The summed E-state index contributed by atoms with van der Waals surface area (Å²) in [5.74, 6) is 1.65. The van der Waals surface area contributed by atoms with Gasteiger partial charge in [0.1, 0.15) is 0 Å². The molecular weight excluding hydrogens is 252 g/mol. The average Bonchev–Trinajstić information content (AvgIpc) is 2.56. The van der Waals surface area contributed by atoms with Crippen LogP contribution in [0.5, 0.6) is 0 Å². The summed E-state index contributed by atoms with van der Waals surface area (Å²) in [5, 5.41) is 0. The van der Waals surface area contributed by atoms with Crippen LogP contribution < -0.4 is 0 Å². The standard InChI is InChI=1S/C21H30/c1-2-9-17-14-20(18-10-5-3-6-11-18)16-21(15-17)19-12-7-4-8-13-19/h2,14-16,18-19H,1,3-13H2. The van der Waals surface area contributed by atoms with E-state index in [0.29, 0.717) is 0 Å². The van der Waals surface area contributed by atoms with Gasteiger partial charge in [-0.2, -0.15) is 0 Å². The van der Waals surface area contributed by atoms with Gasteiger partial charge in [-0.3, -0.25) is 0 Å². The third-order valence-electron chi connectivity index (χ3n) is 5.57. The van der Waals surface area contributed by atoms with E-state index in [1.54, 1.807) is 11.1 Å². The van der Waals surface area contributed by atoms with Gasteiger partial charge in [0.05, 0.1) is 0 Å². The molecule has 0 aromatic heterocycles. The fourth-order valence-corrected chi connectivity index (χ4v) is 4.37. The summed E-state index contributed by atoms with van der Waals surface area (Å²) >= 11 is 0. The molecule has 2 aliphatic rings. The third kappa shape index (κ3) is 3.78. The van der Waals surface area contributed by atoms with E-state index in [1.165, 1.54) is 69.8 Å². The monoisotopic (exact) mass is 282 g/mol. The molecule has 0 spiro atoms. The minimum atomic E-state index is 0.825. The van der Waals surface area contributed by atoms with Crippen LogP contribution in [-0.4, -0.2) is 0 Å². The Balaban J connectivity index is 1.86. The van der Waals surface area contributed by atoms with E-state index in [-0.39, 0.29) is 0 Å². The van der Waals surface area contributed by atoms with Crippen molar-refractivity contribution in [1.29, 1.82) is 0 Å². The second kappa shape index (κ2) is 7.29. The van der Waals surface area contributed by atoms with Gasteiger partial charge < -0.3 is 0 Å². The van der Waals surface area contributed by atoms with Gasteiger partial charge >= 0.3 is 0 Å². The lowest BCUT2D eigenvalue weighted by Crippen LogP contribution is -2.09. The molecule has 2 fully saturated rings. The smallest absolute Gasteiger partial charge is 0.00999 e. The molecule has 0 heterocycles. The van der Waals surface area contributed by atoms with Gasteiger partial charge in [-0.25, -0.2) is 0 Å². The molecule has 1 aromatic carbocycles. The summed E-state index contributed by atoms with van der Waals surface area (Å²) in [5.41, 5.74) is 4.76. The van der Waals surface area contributed by atoms with E-state index in [0.717, 1.165) is 18.3 Å². The van der Waals surface area contributed by atoms with E-state index >= 15 is 0 Å². The van der Waals surface area contributed by atoms with E-state index in [1.807, 2.05) is 0 Å². The molecule has 0 unspecified atom stereocenters. The zero-order valence-electron chi connectivity index (χ0n) is 13.4. The van der Waals surface area contributed by atoms with E-state index in [4.69, 9.17) is 0 Å². The molecule has 3 rings (SSSR count). The van der Waals surface area contributed by atoms with Crippen molar-refractivity contribution in [2.75, 3.05) is 0 Å². The second-order valence-corrected chi connectivity index (χ2v) is 7.17. The Bertz CT molecular complexity index is 423. The summed E-state index contributed by atoms with van der Waals surface area (Å²) in [6, 6.07) is 7.52. The van der Waals surface area contributed by atoms with Crippen molar-refractivity contribution in [2.45, 2.75) is 82.5 Å². The van der Waals surface area contributed by atoms with Crippen LogP contribution in [0, 0.1) is 0 Å². The predicted octanol–water partition coefficient (Wildman–Crippen LogP) is 6.51. The highest BCUT2D eigenvalue weighted by molar-refractivity contribution is 5.35. The summed E-state index contributed by atoms with van der Waals surface area (Å²) < 4.78 is 0. The molecule has 0 aliphatic heterocycles. The van der Waals surface area contributed by atoms with Crippen molar-refractivity contribution in [3.63, 3.8) is 0 Å². The summed E-state index contributed by atoms with van der Waals surface area (Å²) in [6.07, 6.45) is 17.3. The number of rotatable bonds is 4. The summed E-state index contributed by atoms with van der Waals surface area (Å²) in [7, 11) is 0. The maximum Gasteiger partial charge on any atom is -0.00999 e. The lowest BCUT2D eigenvalue weighted by molar-refractivity contribution is 0.435. The van der Waals surface area contributed by atoms with Crippen molar-refractivity contribution in [3.05, 3.63) is 47.5 Å². The number of hydrogen-bond donors (Lipinski definition) is 0. The van der Waals surface area contributed by atoms with Crippen molar-refractivity contribution in [1.82, 2.24) is 0 Å². The Hall–Kier alpha value is -1.04. The first-order valence-corrected chi connectivity index (χ1v) is 9.11. The molecule has 0 nitrogen and oxygen atoms in total. The summed E-state index contributed by atoms with van der Waals surface area (Å²) in [6.45, 7) is 3.94. The van der Waals surface area contributed by atoms with E-state index < -0.39 is 0 Å². The maximum absolute atomic E-state index is 3.94. The van der Waals surface area contributed by atoms with Gasteiger partial charge in [0.15, 0.2) is 0 Å².